The van der Waals surface area contributed by atoms with Gasteiger partial charge in [0.05, 0.1) is 12.7 Å². The molecule has 1 amide bonds. The number of carbonyl (C=O) groups is 1. The van der Waals surface area contributed by atoms with Gasteiger partial charge in [0.25, 0.3) is 5.91 Å². The molecule has 0 bridgehead atoms. The van der Waals surface area contributed by atoms with E-state index in [4.69, 9.17) is 9.72 Å². The Morgan fingerprint density at radius 2 is 1.96 bits per heavy atom. The van der Waals surface area contributed by atoms with Crippen LogP contribution in [0.2, 0.25) is 0 Å². The number of aromatic nitrogens is 2. The second kappa shape index (κ2) is 7.64. The summed E-state index contributed by atoms with van der Waals surface area (Å²) in [6.45, 7) is 3.44. The van der Waals surface area contributed by atoms with Crippen molar-refractivity contribution in [3.05, 3.63) is 53.1 Å². The molecule has 27 heavy (non-hydrogen) atoms. The molecule has 0 spiro atoms. The fraction of sp³-hybridized carbons (Fsp3) is 0.476. The minimum atomic E-state index is 0.0419. The number of carbonyl (C=O) groups excluding carboxylic acids is 1. The van der Waals surface area contributed by atoms with Crippen molar-refractivity contribution in [2.45, 2.75) is 31.7 Å². The SMILES string of the molecule is COc1ccccc1C(=O)N1CCC(c2ncc3c(n2)CCN(C)C3)CC1. The summed E-state index contributed by atoms with van der Waals surface area (Å²) in [6, 6.07) is 7.42. The highest BCUT2D eigenvalue weighted by Crippen LogP contribution is 2.29. The van der Waals surface area contributed by atoms with E-state index >= 15 is 0 Å². The van der Waals surface area contributed by atoms with Gasteiger partial charge >= 0.3 is 0 Å². The molecule has 0 unspecified atom stereocenters. The van der Waals surface area contributed by atoms with Gasteiger partial charge in [-0.2, -0.15) is 0 Å². The van der Waals surface area contributed by atoms with Gasteiger partial charge in [0, 0.05) is 56.0 Å². The molecule has 2 aliphatic heterocycles. The van der Waals surface area contributed by atoms with Crippen molar-refractivity contribution in [1.29, 1.82) is 0 Å². The summed E-state index contributed by atoms with van der Waals surface area (Å²) in [5.74, 6) is 1.95. The molecule has 2 aromatic rings. The molecule has 1 fully saturated rings. The van der Waals surface area contributed by atoms with Crippen LogP contribution >= 0.6 is 0 Å². The Labute approximate surface area is 160 Å². The number of nitrogens with zero attached hydrogens (tertiary/aromatic N) is 4. The predicted molar refractivity (Wildman–Crippen MR) is 103 cm³/mol. The first-order chi connectivity index (χ1) is 13.2. The third-order valence-electron chi connectivity index (χ3n) is 5.63. The number of para-hydroxylation sites is 1. The first-order valence-corrected chi connectivity index (χ1v) is 9.61. The molecule has 1 saturated heterocycles. The Morgan fingerprint density at radius 3 is 2.74 bits per heavy atom. The lowest BCUT2D eigenvalue weighted by molar-refractivity contribution is 0.0707. The predicted octanol–water partition coefficient (Wildman–Crippen LogP) is 2.49. The van der Waals surface area contributed by atoms with Crippen LogP contribution in [0.3, 0.4) is 0 Å². The van der Waals surface area contributed by atoms with Crippen LogP contribution in [-0.2, 0) is 13.0 Å². The van der Waals surface area contributed by atoms with Crippen molar-refractivity contribution in [1.82, 2.24) is 19.8 Å². The highest BCUT2D eigenvalue weighted by molar-refractivity contribution is 5.97. The normalized spacial score (nSPS) is 18.2. The number of methoxy groups -OCH3 is 1. The maximum absolute atomic E-state index is 12.9. The average molecular weight is 366 g/mol. The number of hydrogen-bond acceptors (Lipinski definition) is 5. The van der Waals surface area contributed by atoms with Crippen LogP contribution < -0.4 is 4.74 Å². The van der Waals surface area contributed by atoms with Gasteiger partial charge in [-0.3, -0.25) is 4.79 Å². The van der Waals surface area contributed by atoms with Crippen LogP contribution in [0.25, 0.3) is 0 Å². The molecule has 0 aliphatic carbocycles. The van der Waals surface area contributed by atoms with Crippen LogP contribution in [0.15, 0.2) is 30.5 Å². The molecule has 1 aromatic carbocycles. The molecule has 6 heteroatoms. The number of fused-ring (bicyclic) bond motifs is 1. The lowest BCUT2D eigenvalue weighted by atomic mass is 9.94. The van der Waals surface area contributed by atoms with E-state index in [0.717, 1.165) is 51.3 Å². The monoisotopic (exact) mass is 366 g/mol. The number of ether oxygens (including phenoxy) is 1. The summed E-state index contributed by atoms with van der Waals surface area (Å²) in [7, 11) is 3.73. The molecule has 3 heterocycles. The third kappa shape index (κ3) is 3.67. The van der Waals surface area contributed by atoms with Crippen LogP contribution in [0.4, 0.5) is 0 Å². The number of amides is 1. The highest BCUT2D eigenvalue weighted by Gasteiger charge is 2.28. The van der Waals surface area contributed by atoms with Crippen molar-refractivity contribution >= 4 is 5.91 Å². The lowest BCUT2D eigenvalue weighted by Gasteiger charge is -2.32. The molecular weight excluding hydrogens is 340 g/mol. The van der Waals surface area contributed by atoms with E-state index in [2.05, 4.69) is 16.9 Å². The molecule has 6 nitrogen and oxygen atoms in total. The molecule has 142 valence electrons. The fourth-order valence-corrected chi connectivity index (χ4v) is 4.00. The van der Waals surface area contributed by atoms with E-state index in [9.17, 15) is 4.79 Å². The summed E-state index contributed by atoms with van der Waals surface area (Å²) < 4.78 is 5.34. The summed E-state index contributed by atoms with van der Waals surface area (Å²) in [6.07, 6.45) is 4.80. The van der Waals surface area contributed by atoms with Crippen molar-refractivity contribution in [3.8, 4) is 5.75 Å². The zero-order valence-corrected chi connectivity index (χ0v) is 16.0. The molecule has 0 N–H and O–H groups in total. The van der Waals surface area contributed by atoms with E-state index in [1.54, 1.807) is 7.11 Å². The minimum absolute atomic E-state index is 0.0419. The van der Waals surface area contributed by atoms with E-state index in [-0.39, 0.29) is 5.91 Å². The molecule has 4 rings (SSSR count). The quantitative estimate of drug-likeness (QED) is 0.835. The highest BCUT2D eigenvalue weighted by atomic mass is 16.5. The van der Waals surface area contributed by atoms with E-state index < -0.39 is 0 Å². The Morgan fingerprint density at radius 1 is 1.19 bits per heavy atom. The summed E-state index contributed by atoms with van der Waals surface area (Å²) in [4.78, 5) is 26.6. The maximum atomic E-state index is 12.9. The first kappa shape index (κ1) is 17.9. The van der Waals surface area contributed by atoms with Gasteiger partial charge < -0.3 is 14.5 Å². The Balaban J connectivity index is 1.43. The topological polar surface area (TPSA) is 58.6 Å². The van der Waals surface area contributed by atoms with Crippen LogP contribution in [-0.4, -0.2) is 59.5 Å². The second-order valence-electron chi connectivity index (χ2n) is 7.45. The zero-order valence-electron chi connectivity index (χ0n) is 16.0. The van der Waals surface area contributed by atoms with Gasteiger partial charge in [-0.15, -0.1) is 0 Å². The Bertz CT molecular complexity index is 831. The van der Waals surface area contributed by atoms with Gasteiger partial charge in [-0.1, -0.05) is 12.1 Å². The van der Waals surface area contributed by atoms with E-state index in [1.807, 2.05) is 35.4 Å². The smallest absolute Gasteiger partial charge is 0.257 e. The van der Waals surface area contributed by atoms with E-state index in [1.165, 1.54) is 11.3 Å². The number of hydrogen-bond donors (Lipinski definition) is 0. The van der Waals surface area contributed by atoms with Crippen LogP contribution in [0.5, 0.6) is 5.75 Å². The minimum Gasteiger partial charge on any atom is -0.496 e. The molecule has 2 aliphatic rings. The average Bonchev–Trinajstić information content (AvgIpc) is 2.73. The Kier molecular flexibility index (Phi) is 5.07. The largest absolute Gasteiger partial charge is 0.496 e. The maximum Gasteiger partial charge on any atom is 0.257 e. The van der Waals surface area contributed by atoms with Crippen molar-refractivity contribution in [3.63, 3.8) is 0 Å². The standard InChI is InChI=1S/C21H26N4O2/c1-24-10-9-18-16(14-24)13-22-20(23-18)15-7-11-25(12-8-15)21(26)17-5-3-4-6-19(17)27-2/h3-6,13,15H,7-12,14H2,1-2H3. The van der Waals surface area contributed by atoms with Crippen LogP contribution in [0, 0.1) is 0 Å². The van der Waals surface area contributed by atoms with Crippen molar-refractivity contribution < 1.29 is 9.53 Å². The van der Waals surface area contributed by atoms with E-state index in [0.29, 0.717) is 17.2 Å². The third-order valence-corrected chi connectivity index (χ3v) is 5.63. The first-order valence-electron chi connectivity index (χ1n) is 9.61. The fourth-order valence-electron chi connectivity index (χ4n) is 4.00. The number of piperidine rings is 1. The zero-order chi connectivity index (χ0) is 18.8. The lowest BCUT2D eigenvalue weighted by Crippen LogP contribution is -2.38. The molecule has 0 saturated carbocycles. The summed E-state index contributed by atoms with van der Waals surface area (Å²) in [5.41, 5.74) is 3.08. The molecular formula is C21H26N4O2. The molecule has 0 radical (unpaired) electrons. The van der Waals surface area contributed by atoms with Gasteiger partial charge in [-0.05, 0) is 32.0 Å². The molecule has 0 atom stereocenters. The molecule has 1 aromatic heterocycles. The number of likely N-dealkylation sites (tertiary alicyclic amines) is 1. The van der Waals surface area contributed by atoms with Crippen molar-refractivity contribution in [2.24, 2.45) is 0 Å². The Hall–Kier alpha value is -2.47. The summed E-state index contributed by atoms with van der Waals surface area (Å²) in [5, 5.41) is 0. The summed E-state index contributed by atoms with van der Waals surface area (Å²) >= 11 is 0. The van der Waals surface area contributed by atoms with Gasteiger partial charge in [0.1, 0.15) is 11.6 Å². The second-order valence-corrected chi connectivity index (χ2v) is 7.45. The van der Waals surface area contributed by atoms with Crippen LogP contribution in [0.1, 0.15) is 46.2 Å². The number of likely N-dealkylation sites (N-methyl/N-ethyl adjacent to an activating group) is 1. The van der Waals surface area contributed by atoms with Gasteiger partial charge in [-0.25, -0.2) is 9.97 Å². The van der Waals surface area contributed by atoms with Crippen molar-refractivity contribution in [2.75, 3.05) is 33.8 Å². The number of rotatable bonds is 3. The van der Waals surface area contributed by atoms with Gasteiger partial charge in [0.2, 0.25) is 0 Å². The van der Waals surface area contributed by atoms with Gasteiger partial charge in [0.15, 0.2) is 0 Å². The number of benzene rings is 1.